The van der Waals surface area contributed by atoms with Crippen LogP contribution in [0.1, 0.15) is 42.5 Å². The van der Waals surface area contributed by atoms with E-state index in [2.05, 4.69) is 21.4 Å². The van der Waals surface area contributed by atoms with Gasteiger partial charge in [0.25, 0.3) is 0 Å². The van der Waals surface area contributed by atoms with E-state index in [0.717, 1.165) is 45.6 Å². The Balaban J connectivity index is 1.28. The van der Waals surface area contributed by atoms with E-state index >= 15 is 0 Å². The minimum Gasteiger partial charge on any atom is -0.459 e. The standard InChI is InChI=1S/C22H21N3O2/c1-12-7-8-14-10-19(27-20(14)9-12)13(2)23-22(26)16-11-15(16)21-24-17-5-3-4-6-18(17)25-21/h3-10,13,15-16H,11H2,1-2H3,(H,23,26)(H,24,25)/t13-,15+,16+/m1/s1. The van der Waals surface area contributed by atoms with Crippen LogP contribution in [-0.2, 0) is 4.79 Å². The second-order valence-corrected chi connectivity index (χ2v) is 7.51. The van der Waals surface area contributed by atoms with Gasteiger partial charge in [-0.05, 0) is 50.1 Å². The predicted octanol–water partition coefficient (Wildman–Crippen LogP) is 4.60. The van der Waals surface area contributed by atoms with Crippen molar-refractivity contribution >= 4 is 27.9 Å². The molecule has 3 atom stereocenters. The molecule has 0 radical (unpaired) electrons. The predicted molar refractivity (Wildman–Crippen MR) is 104 cm³/mol. The minimum absolute atomic E-state index is 0.0281. The van der Waals surface area contributed by atoms with Crippen molar-refractivity contribution < 1.29 is 9.21 Å². The Hall–Kier alpha value is -3.08. The fourth-order valence-electron chi connectivity index (χ4n) is 3.70. The third kappa shape index (κ3) is 2.89. The molecule has 136 valence electrons. The first-order chi connectivity index (χ1) is 13.1. The minimum atomic E-state index is -0.165. The molecule has 2 heterocycles. The summed E-state index contributed by atoms with van der Waals surface area (Å²) in [5, 5.41) is 4.15. The Kier molecular flexibility index (Phi) is 3.57. The highest BCUT2D eigenvalue weighted by Crippen LogP contribution is 2.47. The van der Waals surface area contributed by atoms with Gasteiger partial charge < -0.3 is 14.7 Å². The number of fused-ring (bicyclic) bond motifs is 2. The summed E-state index contributed by atoms with van der Waals surface area (Å²) in [6, 6.07) is 15.9. The number of nitrogens with zero attached hydrogens (tertiary/aromatic N) is 1. The van der Waals surface area contributed by atoms with Crippen LogP contribution in [0.3, 0.4) is 0 Å². The summed E-state index contributed by atoms with van der Waals surface area (Å²) in [5.74, 6) is 1.89. The van der Waals surface area contributed by atoms with Gasteiger partial charge in [0.2, 0.25) is 5.91 Å². The van der Waals surface area contributed by atoms with E-state index in [0.29, 0.717) is 0 Å². The number of carbonyl (C=O) groups is 1. The Bertz CT molecular complexity index is 1120. The maximum Gasteiger partial charge on any atom is 0.224 e. The van der Waals surface area contributed by atoms with Gasteiger partial charge in [-0.15, -0.1) is 0 Å². The van der Waals surface area contributed by atoms with E-state index in [9.17, 15) is 4.79 Å². The van der Waals surface area contributed by atoms with Crippen LogP contribution in [0.5, 0.6) is 0 Å². The van der Waals surface area contributed by atoms with E-state index < -0.39 is 0 Å². The third-order valence-electron chi connectivity index (χ3n) is 5.37. The number of H-pyrrole nitrogens is 1. The second kappa shape index (κ2) is 5.98. The van der Waals surface area contributed by atoms with Gasteiger partial charge in [-0.2, -0.15) is 0 Å². The molecule has 1 fully saturated rings. The van der Waals surface area contributed by atoms with Crippen molar-refractivity contribution in [3.63, 3.8) is 0 Å². The van der Waals surface area contributed by atoms with Crippen molar-refractivity contribution in [1.29, 1.82) is 0 Å². The smallest absolute Gasteiger partial charge is 0.224 e. The maximum atomic E-state index is 12.7. The van der Waals surface area contributed by atoms with Gasteiger partial charge >= 0.3 is 0 Å². The zero-order valence-electron chi connectivity index (χ0n) is 15.3. The highest BCUT2D eigenvalue weighted by Gasteiger charge is 2.46. The van der Waals surface area contributed by atoms with Crippen LogP contribution in [0.2, 0.25) is 0 Å². The van der Waals surface area contributed by atoms with E-state index in [1.54, 1.807) is 0 Å². The molecule has 2 aromatic carbocycles. The van der Waals surface area contributed by atoms with Gasteiger partial charge in [-0.25, -0.2) is 4.98 Å². The second-order valence-electron chi connectivity index (χ2n) is 7.51. The Morgan fingerprint density at radius 2 is 2.11 bits per heavy atom. The summed E-state index contributed by atoms with van der Waals surface area (Å²) in [5.41, 5.74) is 3.98. The number of imidazole rings is 1. The van der Waals surface area contributed by atoms with Crippen molar-refractivity contribution in [1.82, 2.24) is 15.3 Å². The quantitative estimate of drug-likeness (QED) is 0.559. The van der Waals surface area contributed by atoms with E-state index in [1.807, 2.05) is 56.3 Å². The number of aryl methyl sites for hydroxylation is 1. The molecule has 5 nitrogen and oxygen atoms in total. The molecule has 5 rings (SSSR count). The van der Waals surface area contributed by atoms with Gasteiger partial charge in [-0.1, -0.05) is 24.3 Å². The molecule has 0 unspecified atom stereocenters. The first-order valence-electron chi connectivity index (χ1n) is 9.33. The number of furan rings is 1. The SMILES string of the molecule is Cc1ccc2cc([C@@H](C)NC(=O)[C@H]3C[C@@H]3c3nc4ccccc4[nH]3)oc2c1. The number of hydrogen-bond donors (Lipinski definition) is 2. The van der Waals surface area contributed by atoms with E-state index in [4.69, 9.17) is 4.42 Å². The zero-order chi connectivity index (χ0) is 18.5. The number of rotatable bonds is 4. The van der Waals surface area contributed by atoms with E-state index in [1.165, 1.54) is 0 Å². The van der Waals surface area contributed by atoms with Crippen molar-refractivity contribution in [3.8, 4) is 0 Å². The van der Waals surface area contributed by atoms with Crippen LogP contribution in [-0.4, -0.2) is 15.9 Å². The van der Waals surface area contributed by atoms with Gasteiger partial charge in [-0.3, -0.25) is 4.79 Å². The Labute approximate surface area is 156 Å². The topological polar surface area (TPSA) is 70.9 Å². The number of aromatic nitrogens is 2. The number of benzene rings is 2. The summed E-state index contributed by atoms with van der Waals surface area (Å²) >= 11 is 0. The summed E-state index contributed by atoms with van der Waals surface area (Å²) < 4.78 is 5.93. The van der Waals surface area contributed by atoms with Crippen molar-refractivity contribution in [2.24, 2.45) is 5.92 Å². The highest BCUT2D eigenvalue weighted by atomic mass is 16.3. The molecule has 1 aliphatic rings. The summed E-state index contributed by atoms with van der Waals surface area (Å²) in [7, 11) is 0. The van der Waals surface area contributed by atoms with Crippen LogP contribution in [0.25, 0.3) is 22.0 Å². The lowest BCUT2D eigenvalue weighted by atomic mass is 10.1. The molecule has 0 spiro atoms. The lowest BCUT2D eigenvalue weighted by molar-refractivity contribution is -0.123. The first-order valence-corrected chi connectivity index (χ1v) is 9.33. The number of amides is 1. The fraction of sp³-hybridized carbons (Fsp3) is 0.273. The third-order valence-corrected chi connectivity index (χ3v) is 5.37. The molecule has 27 heavy (non-hydrogen) atoms. The first kappa shape index (κ1) is 16.1. The van der Waals surface area contributed by atoms with Crippen LogP contribution in [0.4, 0.5) is 0 Å². The summed E-state index contributed by atoms with van der Waals surface area (Å²) in [6.07, 6.45) is 0.831. The molecule has 1 saturated carbocycles. The fourth-order valence-corrected chi connectivity index (χ4v) is 3.70. The zero-order valence-corrected chi connectivity index (χ0v) is 15.3. The molecule has 0 aliphatic heterocycles. The molecule has 0 bridgehead atoms. The van der Waals surface area contributed by atoms with Gasteiger partial charge in [0, 0.05) is 17.2 Å². The van der Waals surface area contributed by atoms with Gasteiger partial charge in [0.05, 0.1) is 17.1 Å². The number of para-hydroxylation sites is 2. The molecule has 2 aromatic heterocycles. The van der Waals surface area contributed by atoms with E-state index in [-0.39, 0.29) is 23.8 Å². The molecular weight excluding hydrogens is 338 g/mol. The average Bonchev–Trinajstić information content (AvgIpc) is 3.16. The van der Waals surface area contributed by atoms with Gasteiger partial charge in [0.15, 0.2) is 0 Å². The lowest BCUT2D eigenvalue weighted by Crippen LogP contribution is -2.28. The van der Waals surface area contributed by atoms with Crippen LogP contribution >= 0.6 is 0 Å². The Morgan fingerprint density at radius 1 is 1.26 bits per heavy atom. The van der Waals surface area contributed by atoms with Crippen molar-refractivity contribution in [2.45, 2.75) is 32.2 Å². The van der Waals surface area contributed by atoms with Crippen molar-refractivity contribution in [2.75, 3.05) is 0 Å². The monoisotopic (exact) mass is 359 g/mol. The van der Waals surface area contributed by atoms with Crippen LogP contribution in [0.15, 0.2) is 52.9 Å². The van der Waals surface area contributed by atoms with Gasteiger partial charge in [0.1, 0.15) is 17.2 Å². The number of nitrogens with one attached hydrogen (secondary N) is 2. The number of carbonyl (C=O) groups excluding carboxylic acids is 1. The molecule has 1 aliphatic carbocycles. The van der Waals surface area contributed by atoms with Crippen molar-refractivity contribution in [3.05, 3.63) is 65.7 Å². The summed E-state index contributed by atoms with van der Waals surface area (Å²) in [4.78, 5) is 20.6. The van der Waals surface area contributed by atoms with Crippen LogP contribution in [0, 0.1) is 12.8 Å². The van der Waals surface area contributed by atoms with Crippen LogP contribution < -0.4 is 5.32 Å². The molecule has 5 heteroatoms. The normalized spacial score (nSPS) is 20.1. The molecule has 2 N–H and O–H groups in total. The molecule has 4 aromatic rings. The molecule has 1 amide bonds. The largest absolute Gasteiger partial charge is 0.459 e. The number of hydrogen-bond acceptors (Lipinski definition) is 3. The highest BCUT2D eigenvalue weighted by molar-refractivity contribution is 5.84. The summed E-state index contributed by atoms with van der Waals surface area (Å²) in [6.45, 7) is 4.00. The Morgan fingerprint density at radius 3 is 2.96 bits per heavy atom. The molecular formula is C22H21N3O2. The maximum absolute atomic E-state index is 12.7. The lowest BCUT2D eigenvalue weighted by Gasteiger charge is -2.11. The number of aromatic amines is 1. The molecule has 0 saturated heterocycles. The average molecular weight is 359 g/mol.